The van der Waals surface area contributed by atoms with Crippen molar-refractivity contribution in [3.05, 3.63) is 100 Å². The third kappa shape index (κ3) is 5.10. The number of para-hydroxylation sites is 2. The third-order valence-corrected chi connectivity index (χ3v) is 7.75. The van der Waals surface area contributed by atoms with Gasteiger partial charge in [-0.1, -0.05) is 76.2 Å². The molecule has 3 aromatic carbocycles. The molecule has 5 heteroatoms. The largest absolute Gasteiger partial charge is 0.507 e. The maximum Gasteiger partial charge on any atom is 0.300 e. The van der Waals surface area contributed by atoms with Crippen molar-refractivity contribution in [2.75, 3.05) is 11.5 Å². The van der Waals surface area contributed by atoms with Crippen LogP contribution in [0.15, 0.2) is 72.3 Å². The molecule has 5 nitrogen and oxygen atoms in total. The molecule has 202 valence electrons. The molecular formula is C34H37NO4. The zero-order valence-electron chi connectivity index (χ0n) is 23.3. The smallest absolute Gasteiger partial charge is 0.300 e. The van der Waals surface area contributed by atoms with Crippen molar-refractivity contribution in [1.82, 2.24) is 0 Å². The zero-order chi connectivity index (χ0) is 27.7. The van der Waals surface area contributed by atoms with E-state index in [0.29, 0.717) is 23.6 Å². The second-order valence-electron chi connectivity index (χ2n) is 11.5. The van der Waals surface area contributed by atoms with Crippen molar-refractivity contribution in [2.24, 2.45) is 0 Å². The molecule has 0 bridgehead atoms. The van der Waals surface area contributed by atoms with Gasteiger partial charge >= 0.3 is 0 Å². The summed E-state index contributed by atoms with van der Waals surface area (Å²) < 4.78 is 5.99. The second-order valence-corrected chi connectivity index (χ2v) is 11.5. The fourth-order valence-corrected chi connectivity index (χ4v) is 5.59. The van der Waals surface area contributed by atoms with Gasteiger partial charge in [0.25, 0.3) is 11.7 Å². The van der Waals surface area contributed by atoms with Gasteiger partial charge < -0.3 is 9.84 Å². The molecule has 0 aromatic heterocycles. The van der Waals surface area contributed by atoms with Crippen molar-refractivity contribution < 1.29 is 19.4 Å². The minimum absolute atomic E-state index is 0.0515. The number of nitrogens with zero attached hydrogens (tertiary/aromatic N) is 1. The molecule has 1 N–H and O–H groups in total. The number of aliphatic hydroxyl groups is 1. The molecule has 1 aliphatic heterocycles. The number of anilines is 1. The molecule has 39 heavy (non-hydrogen) atoms. The topological polar surface area (TPSA) is 66.8 Å². The third-order valence-electron chi connectivity index (χ3n) is 7.75. The summed E-state index contributed by atoms with van der Waals surface area (Å²) in [6.45, 7) is 8.94. The van der Waals surface area contributed by atoms with Gasteiger partial charge in [-0.05, 0) is 78.0 Å². The van der Waals surface area contributed by atoms with Crippen LogP contribution in [0.25, 0.3) is 5.76 Å². The minimum Gasteiger partial charge on any atom is -0.507 e. The Kier molecular flexibility index (Phi) is 7.35. The summed E-state index contributed by atoms with van der Waals surface area (Å²) in [5.74, 6) is -0.972. The van der Waals surface area contributed by atoms with Crippen LogP contribution < -0.4 is 9.64 Å². The predicted molar refractivity (Wildman–Crippen MR) is 155 cm³/mol. The number of ether oxygens (including phenoxy) is 1. The van der Waals surface area contributed by atoms with E-state index in [1.165, 1.54) is 16.0 Å². The first-order chi connectivity index (χ1) is 18.7. The Morgan fingerprint density at radius 2 is 1.64 bits per heavy atom. The monoisotopic (exact) mass is 523 g/mol. The Hall–Kier alpha value is -3.86. The minimum atomic E-state index is -0.790. The van der Waals surface area contributed by atoms with E-state index in [4.69, 9.17) is 4.74 Å². The van der Waals surface area contributed by atoms with Crippen LogP contribution in [0.5, 0.6) is 5.75 Å². The Bertz CT molecular complexity index is 1430. The average molecular weight is 524 g/mol. The summed E-state index contributed by atoms with van der Waals surface area (Å²) in [5, 5.41) is 11.6. The Balaban J connectivity index is 1.69. The molecule has 1 saturated heterocycles. The molecule has 1 fully saturated rings. The van der Waals surface area contributed by atoms with Gasteiger partial charge in [0.05, 0.1) is 23.9 Å². The van der Waals surface area contributed by atoms with Crippen molar-refractivity contribution in [2.45, 2.75) is 71.3 Å². The van der Waals surface area contributed by atoms with Crippen molar-refractivity contribution in [3.8, 4) is 5.75 Å². The molecule has 2 aliphatic rings. The van der Waals surface area contributed by atoms with Crippen LogP contribution in [0.3, 0.4) is 0 Å². The van der Waals surface area contributed by atoms with Crippen LogP contribution in [0.2, 0.25) is 0 Å². The SMILES string of the molecule is CCCOc1ccccc1N1C(=O)C(=O)/C(=C(\O)c2ccc3c(c2)CCCC3)C1c1ccc(C(C)(C)C)cc1. The maximum absolute atomic E-state index is 13.7. The lowest BCUT2D eigenvalue weighted by Gasteiger charge is -2.28. The lowest BCUT2D eigenvalue weighted by Crippen LogP contribution is -2.30. The fraction of sp³-hybridized carbons (Fsp3) is 0.353. The lowest BCUT2D eigenvalue weighted by molar-refractivity contribution is -0.132. The van der Waals surface area contributed by atoms with Gasteiger partial charge in [0.15, 0.2) is 0 Å². The van der Waals surface area contributed by atoms with Gasteiger partial charge in [-0.15, -0.1) is 0 Å². The molecule has 0 radical (unpaired) electrons. The first-order valence-electron chi connectivity index (χ1n) is 14.0. The number of ketones is 1. The number of carbonyl (C=O) groups excluding carboxylic acids is 2. The molecule has 1 amide bonds. The molecule has 1 heterocycles. The zero-order valence-corrected chi connectivity index (χ0v) is 23.3. The summed E-state index contributed by atoms with van der Waals surface area (Å²) in [4.78, 5) is 28.9. The standard InChI is InChI=1S/C34H37NO4/c1-5-20-39-28-13-9-8-12-27(28)35-30(23-16-18-26(19-17-23)34(2,3)4)29(32(37)33(35)38)31(36)25-15-14-22-10-6-7-11-24(22)21-25/h8-9,12-19,21,30,36H,5-7,10-11,20H2,1-4H3/b31-29-. The summed E-state index contributed by atoms with van der Waals surface area (Å²) in [6, 6.07) is 20.4. The first kappa shape index (κ1) is 26.7. The average Bonchev–Trinajstić information content (AvgIpc) is 3.20. The van der Waals surface area contributed by atoms with Crippen LogP contribution >= 0.6 is 0 Å². The molecule has 1 atom stereocenters. The van der Waals surface area contributed by atoms with E-state index in [1.807, 2.05) is 67.6 Å². The highest BCUT2D eigenvalue weighted by molar-refractivity contribution is 6.52. The highest BCUT2D eigenvalue weighted by atomic mass is 16.5. The number of aryl methyl sites for hydroxylation is 2. The number of Topliss-reactive ketones (excluding diaryl/α,β-unsaturated/α-hetero) is 1. The van der Waals surface area contributed by atoms with E-state index < -0.39 is 17.7 Å². The first-order valence-corrected chi connectivity index (χ1v) is 14.0. The summed E-state index contributed by atoms with van der Waals surface area (Å²) in [6.07, 6.45) is 5.05. The number of carbonyl (C=O) groups is 2. The Labute approximate surface area is 231 Å². The van der Waals surface area contributed by atoms with Crippen LogP contribution in [0, 0.1) is 0 Å². The van der Waals surface area contributed by atoms with Crippen molar-refractivity contribution in [1.29, 1.82) is 0 Å². The van der Waals surface area contributed by atoms with Crippen LogP contribution in [0.4, 0.5) is 5.69 Å². The fourth-order valence-electron chi connectivity index (χ4n) is 5.59. The van der Waals surface area contributed by atoms with Gasteiger partial charge in [-0.25, -0.2) is 0 Å². The van der Waals surface area contributed by atoms with E-state index in [9.17, 15) is 14.7 Å². The van der Waals surface area contributed by atoms with Crippen LogP contribution in [0.1, 0.15) is 80.8 Å². The highest BCUT2D eigenvalue weighted by Crippen LogP contribution is 2.45. The van der Waals surface area contributed by atoms with E-state index in [0.717, 1.165) is 43.2 Å². The normalized spacial score (nSPS) is 18.8. The van der Waals surface area contributed by atoms with Gasteiger partial charge in [-0.2, -0.15) is 0 Å². The second kappa shape index (κ2) is 10.7. The predicted octanol–water partition coefficient (Wildman–Crippen LogP) is 7.28. The number of hydrogen-bond acceptors (Lipinski definition) is 4. The number of amides is 1. The van der Waals surface area contributed by atoms with Crippen molar-refractivity contribution in [3.63, 3.8) is 0 Å². The molecule has 5 rings (SSSR count). The molecule has 1 unspecified atom stereocenters. The molecule has 3 aromatic rings. The highest BCUT2D eigenvalue weighted by Gasteiger charge is 2.47. The number of benzene rings is 3. The summed E-state index contributed by atoms with van der Waals surface area (Å²) in [5.41, 5.74) is 5.52. The van der Waals surface area contributed by atoms with Crippen molar-refractivity contribution >= 4 is 23.1 Å². The maximum atomic E-state index is 13.7. The van der Waals surface area contributed by atoms with Crippen LogP contribution in [-0.2, 0) is 27.8 Å². The van der Waals surface area contributed by atoms with Gasteiger partial charge in [0.2, 0.25) is 0 Å². The molecular weight excluding hydrogens is 486 g/mol. The summed E-state index contributed by atoms with van der Waals surface area (Å²) in [7, 11) is 0. The molecule has 0 spiro atoms. The van der Waals surface area contributed by atoms with Gasteiger partial charge in [0, 0.05) is 5.56 Å². The van der Waals surface area contributed by atoms with E-state index in [-0.39, 0.29) is 16.7 Å². The lowest BCUT2D eigenvalue weighted by atomic mass is 9.85. The van der Waals surface area contributed by atoms with Gasteiger partial charge in [-0.3, -0.25) is 14.5 Å². The Morgan fingerprint density at radius 1 is 0.949 bits per heavy atom. The van der Waals surface area contributed by atoms with E-state index >= 15 is 0 Å². The van der Waals surface area contributed by atoms with E-state index in [1.54, 1.807) is 6.07 Å². The number of rotatable bonds is 6. The van der Waals surface area contributed by atoms with Gasteiger partial charge in [0.1, 0.15) is 11.5 Å². The number of fused-ring (bicyclic) bond motifs is 1. The molecule has 1 aliphatic carbocycles. The van der Waals surface area contributed by atoms with Crippen LogP contribution in [-0.4, -0.2) is 23.4 Å². The molecule has 0 saturated carbocycles. The quantitative estimate of drug-likeness (QED) is 0.209. The summed E-state index contributed by atoms with van der Waals surface area (Å²) >= 11 is 0. The number of aliphatic hydroxyl groups excluding tert-OH is 1. The van der Waals surface area contributed by atoms with E-state index in [2.05, 4.69) is 20.8 Å². The number of hydrogen-bond donors (Lipinski definition) is 1. The Morgan fingerprint density at radius 3 is 2.33 bits per heavy atom.